The lowest BCUT2D eigenvalue weighted by Crippen LogP contribution is -2.34. The van der Waals surface area contributed by atoms with Gasteiger partial charge in [0.15, 0.2) is 0 Å². The Morgan fingerprint density at radius 1 is 1.33 bits per heavy atom. The van der Waals surface area contributed by atoms with Crippen molar-refractivity contribution in [2.75, 3.05) is 17.2 Å². The molecule has 0 amide bonds. The van der Waals surface area contributed by atoms with Gasteiger partial charge < -0.3 is 15.2 Å². The maximum Gasteiger partial charge on any atom is 0.128 e. The van der Waals surface area contributed by atoms with Crippen LogP contribution in [0.5, 0.6) is 0 Å². The normalized spacial score (nSPS) is 14.1. The number of hydrogen-bond acceptors (Lipinski definition) is 4. The maximum absolute atomic E-state index is 8.95. The molecule has 1 aromatic carbocycles. The first-order chi connectivity index (χ1) is 8.78. The highest BCUT2D eigenvalue weighted by molar-refractivity contribution is 5.69. The van der Waals surface area contributed by atoms with Crippen LogP contribution in [-0.4, -0.2) is 16.1 Å². The number of nitrogens with zero attached hydrogens (tertiary/aromatic N) is 4. The molecule has 1 aliphatic rings. The molecule has 0 spiro atoms. The van der Waals surface area contributed by atoms with E-state index in [1.54, 1.807) is 12.1 Å². The van der Waals surface area contributed by atoms with Gasteiger partial charge in [-0.1, -0.05) is 0 Å². The molecule has 0 radical (unpaired) electrons. The molecule has 0 unspecified atom stereocenters. The van der Waals surface area contributed by atoms with Gasteiger partial charge in [-0.3, -0.25) is 0 Å². The SMILES string of the molecule is N#Cc1ccc(N)c(N2CCn3ccnc3C2)c1. The van der Waals surface area contributed by atoms with Crippen LogP contribution < -0.4 is 10.6 Å². The molecule has 2 heterocycles. The number of fused-ring (bicyclic) bond motifs is 1. The van der Waals surface area contributed by atoms with Gasteiger partial charge in [0.1, 0.15) is 5.82 Å². The summed E-state index contributed by atoms with van der Waals surface area (Å²) in [5.41, 5.74) is 8.25. The maximum atomic E-state index is 8.95. The number of anilines is 2. The number of nitriles is 1. The lowest BCUT2D eigenvalue weighted by molar-refractivity contribution is 0.560. The highest BCUT2D eigenvalue weighted by Crippen LogP contribution is 2.27. The molecule has 5 heteroatoms. The Labute approximate surface area is 105 Å². The van der Waals surface area contributed by atoms with Crippen LogP contribution in [0, 0.1) is 11.3 Å². The third-order valence-corrected chi connectivity index (χ3v) is 3.25. The summed E-state index contributed by atoms with van der Waals surface area (Å²) in [6, 6.07) is 7.51. The van der Waals surface area contributed by atoms with Crippen LogP contribution in [0.4, 0.5) is 11.4 Å². The van der Waals surface area contributed by atoms with Gasteiger partial charge in [0.25, 0.3) is 0 Å². The molecule has 5 nitrogen and oxygen atoms in total. The highest BCUT2D eigenvalue weighted by Gasteiger charge is 2.18. The van der Waals surface area contributed by atoms with Crippen molar-refractivity contribution in [3.8, 4) is 6.07 Å². The zero-order valence-corrected chi connectivity index (χ0v) is 9.87. The first-order valence-corrected chi connectivity index (χ1v) is 5.82. The Hall–Kier alpha value is -2.48. The second kappa shape index (κ2) is 4.08. The largest absolute Gasteiger partial charge is 0.397 e. The molecule has 1 aliphatic heterocycles. The van der Waals surface area contributed by atoms with E-state index in [0.717, 1.165) is 31.1 Å². The van der Waals surface area contributed by atoms with E-state index >= 15 is 0 Å². The molecule has 0 aliphatic carbocycles. The molecule has 2 N–H and O–H groups in total. The van der Waals surface area contributed by atoms with E-state index in [4.69, 9.17) is 11.0 Å². The number of nitrogen functional groups attached to an aromatic ring is 1. The molecule has 0 bridgehead atoms. The standard InChI is InChI=1S/C13H13N5/c14-8-10-1-2-11(15)12(7-10)18-6-5-17-4-3-16-13(17)9-18/h1-4,7H,5-6,9,15H2. The summed E-state index contributed by atoms with van der Waals surface area (Å²) in [6.07, 6.45) is 3.80. The molecule has 90 valence electrons. The first-order valence-electron chi connectivity index (χ1n) is 5.82. The molecule has 18 heavy (non-hydrogen) atoms. The second-order valence-electron chi connectivity index (χ2n) is 4.34. The predicted octanol–water partition coefficient (Wildman–Crippen LogP) is 1.36. The minimum atomic E-state index is 0.633. The van der Waals surface area contributed by atoms with Gasteiger partial charge in [-0.25, -0.2) is 4.98 Å². The van der Waals surface area contributed by atoms with Crippen LogP contribution in [0.1, 0.15) is 11.4 Å². The minimum absolute atomic E-state index is 0.633. The number of rotatable bonds is 1. The summed E-state index contributed by atoms with van der Waals surface area (Å²) >= 11 is 0. The number of hydrogen-bond donors (Lipinski definition) is 1. The van der Waals surface area contributed by atoms with Crippen molar-refractivity contribution in [1.82, 2.24) is 9.55 Å². The van der Waals surface area contributed by atoms with Crippen LogP contribution in [0.25, 0.3) is 0 Å². The number of aromatic nitrogens is 2. The van der Waals surface area contributed by atoms with Gasteiger partial charge in [0.05, 0.1) is 29.6 Å². The van der Waals surface area contributed by atoms with E-state index in [-0.39, 0.29) is 0 Å². The first kappa shape index (κ1) is 10.7. The Morgan fingerprint density at radius 2 is 2.22 bits per heavy atom. The summed E-state index contributed by atoms with van der Waals surface area (Å²) in [5.74, 6) is 1.03. The van der Waals surface area contributed by atoms with E-state index in [9.17, 15) is 0 Å². The molecule has 0 fully saturated rings. The van der Waals surface area contributed by atoms with Crippen molar-refractivity contribution in [1.29, 1.82) is 5.26 Å². The summed E-state index contributed by atoms with van der Waals surface area (Å²) < 4.78 is 2.14. The molecular weight excluding hydrogens is 226 g/mol. The Morgan fingerprint density at radius 3 is 3.06 bits per heavy atom. The van der Waals surface area contributed by atoms with Crippen LogP contribution >= 0.6 is 0 Å². The van der Waals surface area contributed by atoms with Crippen molar-refractivity contribution in [3.05, 3.63) is 42.0 Å². The van der Waals surface area contributed by atoms with Gasteiger partial charge >= 0.3 is 0 Å². The van der Waals surface area contributed by atoms with E-state index in [1.807, 2.05) is 18.5 Å². The van der Waals surface area contributed by atoms with Crippen LogP contribution in [0.3, 0.4) is 0 Å². The van der Waals surface area contributed by atoms with Gasteiger partial charge in [-0.05, 0) is 18.2 Å². The third-order valence-electron chi connectivity index (χ3n) is 3.25. The van der Waals surface area contributed by atoms with Crippen molar-refractivity contribution in [2.24, 2.45) is 0 Å². The molecular formula is C13H13N5. The summed E-state index contributed by atoms with van der Waals surface area (Å²) in [6.45, 7) is 2.50. The quantitative estimate of drug-likeness (QED) is 0.763. The monoisotopic (exact) mass is 239 g/mol. The van der Waals surface area contributed by atoms with Crippen molar-refractivity contribution >= 4 is 11.4 Å². The molecule has 3 rings (SSSR count). The van der Waals surface area contributed by atoms with Crippen LogP contribution in [0.2, 0.25) is 0 Å². The fourth-order valence-electron chi connectivity index (χ4n) is 2.27. The summed E-state index contributed by atoms with van der Waals surface area (Å²) in [5, 5.41) is 8.95. The number of nitrogens with two attached hydrogens (primary N) is 1. The van der Waals surface area contributed by atoms with E-state index in [0.29, 0.717) is 11.3 Å². The number of imidazole rings is 1. The van der Waals surface area contributed by atoms with Crippen molar-refractivity contribution in [3.63, 3.8) is 0 Å². The van der Waals surface area contributed by atoms with E-state index < -0.39 is 0 Å². The molecule has 2 aromatic rings. The second-order valence-corrected chi connectivity index (χ2v) is 4.34. The van der Waals surface area contributed by atoms with Gasteiger partial charge in [0.2, 0.25) is 0 Å². The average Bonchev–Trinajstić information content (AvgIpc) is 2.86. The van der Waals surface area contributed by atoms with Gasteiger partial charge in [-0.15, -0.1) is 0 Å². The fourth-order valence-corrected chi connectivity index (χ4v) is 2.27. The third kappa shape index (κ3) is 1.68. The average molecular weight is 239 g/mol. The van der Waals surface area contributed by atoms with Gasteiger partial charge in [-0.2, -0.15) is 5.26 Å². The number of benzene rings is 1. The Kier molecular flexibility index (Phi) is 2.41. The van der Waals surface area contributed by atoms with E-state index in [2.05, 4.69) is 20.5 Å². The smallest absolute Gasteiger partial charge is 0.128 e. The van der Waals surface area contributed by atoms with Crippen molar-refractivity contribution < 1.29 is 0 Å². The predicted molar refractivity (Wildman–Crippen MR) is 68.8 cm³/mol. The highest BCUT2D eigenvalue weighted by atomic mass is 15.2. The lowest BCUT2D eigenvalue weighted by Gasteiger charge is -2.30. The Bertz CT molecular complexity index is 623. The van der Waals surface area contributed by atoms with Crippen molar-refractivity contribution in [2.45, 2.75) is 13.1 Å². The van der Waals surface area contributed by atoms with Gasteiger partial charge in [0, 0.05) is 25.5 Å². The zero-order chi connectivity index (χ0) is 12.5. The lowest BCUT2D eigenvalue weighted by atomic mass is 10.1. The topological polar surface area (TPSA) is 70.9 Å². The molecule has 0 atom stereocenters. The molecule has 0 saturated carbocycles. The molecule has 0 saturated heterocycles. The fraction of sp³-hybridized carbons (Fsp3) is 0.231. The van der Waals surface area contributed by atoms with Crippen LogP contribution in [0.15, 0.2) is 30.6 Å². The minimum Gasteiger partial charge on any atom is -0.397 e. The summed E-state index contributed by atoms with van der Waals surface area (Å²) in [4.78, 5) is 6.49. The van der Waals surface area contributed by atoms with E-state index in [1.165, 1.54) is 0 Å². The van der Waals surface area contributed by atoms with Crippen LogP contribution in [-0.2, 0) is 13.1 Å². The Balaban J connectivity index is 1.95. The summed E-state index contributed by atoms with van der Waals surface area (Å²) in [7, 11) is 0. The zero-order valence-electron chi connectivity index (χ0n) is 9.87. The molecule has 1 aromatic heterocycles.